The summed E-state index contributed by atoms with van der Waals surface area (Å²) < 4.78 is 5.69. The molecule has 0 atom stereocenters. The topological polar surface area (TPSA) is 94.7 Å². The summed E-state index contributed by atoms with van der Waals surface area (Å²) in [4.78, 5) is 25.7. The van der Waals surface area contributed by atoms with Gasteiger partial charge < -0.3 is 30.5 Å². The summed E-state index contributed by atoms with van der Waals surface area (Å²) >= 11 is 0. The molecule has 9 heteroatoms. The predicted molar refractivity (Wildman–Crippen MR) is 144 cm³/mol. The number of carbonyl (C=O) groups is 1. The summed E-state index contributed by atoms with van der Waals surface area (Å²) in [6.07, 6.45) is 8.19. The largest absolute Gasteiger partial charge is 0.494 e. The van der Waals surface area contributed by atoms with Gasteiger partial charge in [0.05, 0.1) is 24.2 Å². The Balaban J connectivity index is 1.93. The summed E-state index contributed by atoms with van der Waals surface area (Å²) in [7, 11) is 7.65. The highest BCUT2D eigenvalue weighted by Gasteiger charge is 2.27. The second kappa shape index (κ2) is 12.2. The Labute approximate surface area is 208 Å². The first kappa shape index (κ1) is 26.0. The van der Waals surface area contributed by atoms with E-state index in [4.69, 9.17) is 9.72 Å². The minimum atomic E-state index is -0.290. The average Bonchev–Trinajstić information content (AvgIpc) is 3.68. The van der Waals surface area contributed by atoms with Crippen molar-refractivity contribution in [3.05, 3.63) is 49.2 Å². The van der Waals surface area contributed by atoms with Crippen molar-refractivity contribution in [1.82, 2.24) is 14.9 Å². The SMILES string of the molecule is C=CCCNc1nc(Nc2cc(NC(=O)C=C)c(N(C)CCN(C)C)cc2OC)ncc1C1CC1. The molecular formula is C26H37N7O2. The molecule has 0 radical (unpaired) electrons. The molecule has 0 spiro atoms. The lowest BCUT2D eigenvalue weighted by Gasteiger charge is -2.26. The van der Waals surface area contributed by atoms with Crippen molar-refractivity contribution >= 4 is 34.7 Å². The monoisotopic (exact) mass is 479 g/mol. The molecule has 0 unspecified atom stereocenters. The zero-order chi connectivity index (χ0) is 25.4. The van der Waals surface area contributed by atoms with Gasteiger partial charge in [0.1, 0.15) is 11.6 Å². The number of benzene rings is 1. The van der Waals surface area contributed by atoms with E-state index in [9.17, 15) is 4.79 Å². The number of carbonyl (C=O) groups excluding carboxylic acids is 1. The Hall–Kier alpha value is -3.59. The molecule has 35 heavy (non-hydrogen) atoms. The highest BCUT2D eigenvalue weighted by molar-refractivity contribution is 6.02. The maximum Gasteiger partial charge on any atom is 0.247 e. The lowest BCUT2D eigenvalue weighted by molar-refractivity contribution is -0.111. The Kier molecular flexibility index (Phi) is 9.08. The first-order chi connectivity index (χ1) is 16.9. The minimum Gasteiger partial charge on any atom is -0.494 e. The first-order valence-electron chi connectivity index (χ1n) is 11.9. The van der Waals surface area contributed by atoms with Gasteiger partial charge in [-0.05, 0) is 51.4 Å². The zero-order valence-corrected chi connectivity index (χ0v) is 21.2. The van der Waals surface area contributed by atoms with Crippen LogP contribution < -0.4 is 25.6 Å². The van der Waals surface area contributed by atoms with E-state index < -0.39 is 0 Å². The predicted octanol–water partition coefficient (Wildman–Crippen LogP) is 4.22. The number of methoxy groups -OCH3 is 1. The van der Waals surface area contributed by atoms with Gasteiger partial charge in [0.25, 0.3) is 0 Å². The number of nitrogens with one attached hydrogen (secondary N) is 3. The Bertz CT molecular complexity index is 1050. The molecule has 0 saturated heterocycles. The second-order valence-corrected chi connectivity index (χ2v) is 8.89. The molecule has 1 amide bonds. The van der Waals surface area contributed by atoms with Crippen LogP contribution >= 0.6 is 0 Å². The molecule has 0 aliphatic heterocycles. The Morgan fingerprint density at radius 1 is 1.20 bits per heavy atom. The molecular weight excluding hydrogens is 442 g/mol. The third-order valence-electron chi connectivity index (χ3n) is 5.78. The number of ether oxygens (including phenoxy) is 1. The number of nitrogens with zero attached hydrogens (tertiary/aromatic N) is 4. The summed E-state index contributed by atoms with van der Waals surface area (Å²) in [5, 5.41) is 9.60. The van der Waals surface area contributed by atoms with Crippen LogP contribution in [0.3, 0.4) is 0 Å². The normalized spacial score (nSPS) is 12.7. The third-order valence-corrected chi connectivity index (χ3v) is 5.78. The van der Waals surface area contributed by atoms with Gasteiger partial charge in [-0.3, -0.25) is 4.79 Å². The lowest BCUT2D eigenvalue weighted by Crippen LogP contribution is -2.29. The fourth-order valence-electron chi connectivity index (χ4n) is 3.60. The molecule has 1 aromatic heterocycles. The number of hydrogen-bond acceptors (Lipinski definition) is 8. The Morgan fingerprint density at radius 2 is 1.97 bits per heavy atom. The third kappa shape index (κ3) is 7.19. The van der Waals surface area contributed by atoms with Crippen LogP contribution in [0.5, 0.6) is 5.75 Å². The van der Waals surface area contributed by atoms with Gasteiger partial charge in [-0.15, -0.1) is 6.58 Å². The van der Waals surface area contributed by atoms with E-state index in [1.54, 1.807) is 7.11 Å². The van der Waals surface area contributed by atoms with Crippen LogP contribution in [0, 0.1) is 0 Å². The maximum atomic E-state index is 12.2. The molecule has 0 bridgehead atoms. The molecule has 1 aliphatic rings. The van der Waals surface area contributed by atoms with Crippen molar-refractivity contribution in [2.45, 2.75) is 25.2 Å². The molecule has 1 aliphatic carbocycles. The van der Waals surface area contributed by atoms with Gasteiger partial charge in [0, 0.05) is 44.5 Å². The molecule has 9 nitrogen and oxygen atoms in total. The zero-order valence-electron chi connectivity index (χ0n) is 21.2. The molecule has 1 fully saturated rings. The van der Waals surface area contributed by atoms with Gasteiger partial charge >= 0.3 is 0 Å². The number of hydrogen-bond donors (Lipinski definition) is 3. The van der Waals surface area contributed by atoms with Crippen LogP contribution in [0.2, 0.25) is 0 Å². The average molecular weight is 480 g/mol. The Morgan fingerprint density at radius 3 is 2.60 bits per heavy atom. The number of likely N-dealkylation sites (N-methyl/N-ethyl adjacent to an activating group) is 2. The highest BCUT2D eigenvalue weighted by atomic mass is 16.5. The number of anilines is 5. The number of rotatable bonds is 14. The maximum absolute atomic E-state index is 12.2. The standard InChI is InChI=1S/C26H37N7O2/c1-7-9-12-27-25-19(18-10-11-18)17-28-26(31-25)30-21-15-20(29-24(34)8-2)22(16-23(21)35-6)33(5)14-13-32(3)4/h7-8,15-18H,1-2,9-14H2,3-6H3,(H,29,34)(H2,27,28,30,31). The summed E-state index contributed by atoms with van der Waals surface area (Å²) in [5.41, 5.74) is 3.26. The molecule has 2 aromatic rings. The van der Waals surface area contributed by atoms with E-state index in [1.165, 1.54) is 6.08 Å². The molecule has 1 aromatic carbocycles. The van der Waals surface area contributed by atoms with E-state index in [0.29, 0.717) is 29.0 Å². The quantitative estimate of drug-likeness (QED) is 0.211. The van der Waals surface area contributed by atoms with Crippen molar-refractivity contribution in [3.8, 4) is 5.75 Å². The smallest absolute Gasteiger partial charge is 0.247 e. The molecule has 3 N–H and O–H groups in total. The van der Waals surface area contributed by atoms with Gasteiger partial charge in [0.2, 0.25) is 11.9 Å². The molecule has 1 saturated carbocycles. The van der Waals surface area contributed by atoms with Crippen LogP contribution in [-0.4, -0.2) is 68.7 Å². The fraction of sp³-hybridized carbons (Fsp3) is 0.423. The number of aromatic nitrogens is 2. The van der Waals surface area contributed by atoms with Crippen molar-refractivity contribution in [2.24, 2.45) is 0 Å². The summed E-state index contributed by atoms with van der Waals surface area (Å²) in [6, 6.07) is 3.74. The van der Waals surface area contributed by atoms with Gasteiger partial charge in [-0.25, -0.2) is 4.98 Å². The van der Waals surface area contributed by atoms with Crippen LogP contribution in [-0.2, 0) is 4.79 Å². The fourth-order valence-corrected chi connectivity index (χ4v) is 3.60. The lowest BCUT2D eigenvalue weighted by atomic mass is 10.2. The second-order valence-electron chi connectivity index (χ2n) is 8.89. The summed E-state index contributed by atoms with van der Waals surface area (Å²) in [6.45, 7) is 9.75. The minimum absolute atomic E-state index is 0.290. The van der Waals surface area contributed by atoms with Gasteiger partial charge in [-0.2, -0.15) is 4.98 Å². The first-order valence-corrected chi connectivity index (χ1v) is 11.9. The molecule has 188 valence electrons. The van der Waals surface area contributed by atoms with E-state index in [-0.39, 0.29) is 5.91 Å². The van der Waals surface area contributed by atoms with Crippen LogP contribution in [0.15, 0.2) is 43.6 Å². The van der Waals surface area contributed by atoms with E-state index in [1.807, 2.05) is 45.5 Å². The number of amides is 1. The van der Waals surface area contributed by atoms with Crippen LogP contribution in [0.1, 0.15) is 30.7 Å². The molecule has 3 rings (SSSR count). The van der Waals surface area contributed by atoms with E-state index >= 15 is 0 Å². The van der Waals surface area contributed by atoms with Gasteiger partial charge in [-0.1, -0.05) is 12.7 Å². The van der Waals surface area contributed by atoms with Gasteiger partial charge in [0.15, 0.2) is 0 Å². The van der Waals surface area contributed by atoms with Crippen molar-refractivity contribution in [3.63, 3.8) is 0 Å². The molecule has 1 heterocycles. The summed E-state index contributed by atoms with van der Waals surface area (Å²) in [5.74, 6) is 2.13. The van der Waals surface area contributed by atoms with Crippen molar-refractivity contribution < 1.29 is 9.53 Å². The van der Waals surface area contributed by atoms with Crippen LogP contribution in [0.25, 0.3) is 0 Å². The highest BCUT2D eigenvalue weighted by Crippen LogP contribution is 2.43. The van der Waals surface area contributed by atoms with Crippen molar-refractivity contribution in [2.75, 3.05) is 68.7 Å². The van der Waals surface area contributed by atoms with E-state index in [2.05, 4.69) is 43.9 Å². The van der Waals surface area contributed by atoms with E-state index in [0.717, 1.165) is 56.0 Å². The van der Waals surface area contributed by atoms with Crippen molar-refractivity contribution in [1.29, 1.82) is 0 Å². The van der Waals surface area contributed by atoms with Crippen LogP contribution in [0.4, 0.5) is 28.8 Å².